The smallest absolute Gasteiger partial charge is 0.335 e. The van der Waals surface area contributed by atoms with Crippen molar-refractivity contribution >= 4 is 22.6 Å². The van der Waals surface area contributed by atoms with Gasteiger partial charge in [0.25, 0.3) is 0 Å². The molecule has 2 N–H and O–H groups in total. The van der Waals surface area contributed by atoms with Crippen LogP contribution in [0.1, 0.15) is 21.7 Å². The number of aryl methyl sites for hydroxylation is 1. The molecule has 0 aliphatic rings. The van der Waals surface area contributed by atoms with Gasteiger partial charge in [0.1, 0.15) is 5.82 Å². The summed E-state index contributed by atoms with van der Waals surface area (Å²) in [7, 11) is 0. The molecule has 2 rings (SSSR count). The van der Waals surface area contributed by atoms with Crippen molar-refractivity contribution in [2.75, 3.05) is 11.9 Å². The number of hydrogen-bond donors (Lipinski definition) is 2. The van der Waals surface area contributed by atoms with Crippen LogP contribution in [0.4, 0.5) is 5.13 Å². The first-order valence-corrected chi connectivity index (χ1v) is 6.29. The van der Waals surface area contributed by atoms with Crippen molar-refractivity contribution in [2.24, 2.45) is 0 Å². The first-order valence-electron chi connectivity index (χ1n) is 5.52. The minimum absolute atomic E-state index is 0.354. The van der Waals surface area contributed by atoms with Crippen LogP contribution in [0.15, 0.2) is 24.3 Å². The Kier molecular flexibility index (Phi) is 3.88. The fourth-order valence-electron chi connectivity index (χ4n) is 1.62. The van der Waals surface area contributed by atoms with E-state index in [0.717, 1.165) is 16.5 Å². The molecule has 1 aromatic heterocycles. The standard InChI is InChI=1S/C12H13N3O2S/c1-8-14-12(18-15-8)13-7-6-9-4-2-3-5-10(9)11(16)17/h2-5H,6-7H2,1H3,(H,16,17)(H,13,14,15). The molecule has 94 valence electrons. The van der Waals surface area contributed by atoms with Gasteiger partial charge in [-0.3, -0.25) is 0 Å². The number of hydrogen-bond acceptors (Lipinski definition) is 5. The second kappa shape index (κ2) is 5.59. The Labute approximate surface area is 109 Å². The summed E-state index contributed by atoms with van der Waals surface area (Å²) in [5.41, 5.74) is 1.17. The highest BCUT2D eigenvalue weighted by Crippen LogP contribution is 2.12. The van der Waals surface area contributed by atoms with E-state index in [9.17, 15) is 4.79 Å². The van der Waals surface area contributed by atoms with Gasteiger partial charge in [0.05, 0.1) is 5.56 Å². The van der Waals surface area contributed by atoms with Crippen LogP contribution in [-0.4, -0.2) is 27.0 Å². The molecule has 1 heterocycles. The maximum Gasteiger partial charge on any atom is 0.335 e. The molecule has 0 fully saturated rings. The molecule has 0 saturated heterocycles. The number of anilines is 1. The summed E-state index contributed by atoms with van der Waals surface area (Å²) < 4.78 is 4.06. The number of rotatable bonds is 5. The van der Waals surface area contributed by atoms with Crippen molar-refractivity contribution in [3.63, 3.8) is 0 Å². The van der Waals surface area contributed by atoms with Gasteiger partial charge in [-0.05, 0) is 25.0 Å². The lowest BCUT2D eigenvalue weighted by Crippen LogP contribution is -2.09. The molecular weight excluding hydrogens is 250 g/mol. The molecule has 0 spiro atoms. The number of aromatic carboxylic acids is 1. The summed E-state index contributed by atoms with van der Waals surface area (Å²) in [6.07, 6.45) is 0.640. The van der Waals surface area contributed by atoms with Crippen LogP contribution in [0.5, 0.6) is 0 Å². The molecule has 0 bridgehead atoms. The number of aromatic nitrogens is 2. The number of carboxylic acid groups (broad SMARTS) is 1. The highest BCUT2D eigenvalue weighted by molar-refractivity contribution is 7.09. The number of benzene rings is 1. The first kappa shape index (κ1) is 12.5. The number of nitrogens with one attached hydrogen (secondary N) is 1. The Morgan fingerprint density at radius 2 is 2.22 bits per heavy atom. The molecule has 0 amide bonds. The van der Waals surface area contributed by atoms with E-state index in [1.165, 1.54) is 11.5 Å². The van der Waals surface area contributed by atoms with E-state index < -0.39 is 5.97 Å². The average molecular weight is 263 g/mol. The predicted molar refractivity (Wildman–Crippen MR) is 70.2 cm³/mol. The second-order valence-corrected chi connectivity index (χ2v) is 4.54. The molecule has 0 unspecified atom stereocenters. The van der Waals surface area contributed by atoms with Crippen LogP contribution in [0.25, 0.3) is 0 Å². The van der Waals surface area contributed by atoms with E-state index in [0.29, 0.717) is 18.5 Å². The van der Waals surface area contributed by atoms with Crippen molar-refractivity contribution in [3.8, 4) is 0 Å². The van der Waals surface area contributed by atoms with Gasteiger partial charge < -0.3 is 10.4 Å². The molecule has 6 heteroatoms. The third-order valence-electron chi connectivity index (χ3n) is 2.45. The summed E-state index contributed by atoms with van der Waals surface area (Å²) in [5, 5.41) is 12.9. The molecule has 5 nitrogen and oxygen atoms in total. The number of carboxylic acids is 1. The zero-order chi connectivity index (χ0) is 13.0. The molecule has 2 aromatic rings. The third kappa shape index (κ3) is 3.04. The highest BCUT2D eigenvalue weighted by atomic mass is 32.1. The summed E-state index contributed by atoms with van der Waals surface area (Å²) in [4.78, 5) is 15.2. The molecule has 1 aromatic carbocycles. The van der Waals surface area contributed by atoms with Crippen LogP contribution >= 0.6 is 11.5 Å². The maximum atomic E-state index is 11.0. The lowest BCUT2D eigenvalue weighted by molar-refractivity contribution is 0.0695. The fourth-order valence-corrected chi connectivity index (χ4v) is 2.22. The van der Waals surface area contributed by atoms with Crippen LogP contribution in [0.3, 0.4) is 0 Å². The Morgan fingerprint density at radius 3 is 2.89 bits per heavy atom. The van der Waals surface area contributed by atoms with Crippen molar-refractivity contribution < 1.29 is 9.90 Å². The minimum Gasteiger partial charge on any atom is -0.478 e. The van der Waals surface area contributed by atoms with Gasteiger partial charge in [-0.1, -0.05) is 18.2 Å². The summed E-state index contributed by atoms with van der Waals surface area (Å²) >= 11 is 1.31. The van der Waals surface area contributed by atoms with Gasteiger partial charge >= 0.3 is 5.97 Å². The zero-order valence-electron chi connectivity index (χ0n) is 9.88. The third-order valence-corrected chi connectivity index (χ3v) is 3.21. The minimum atomic E-state index is -0.891. The lowest BCUT2D eigenvalue weighted by Gasteiger charge is -2.06. The average Bonchev–Trinajstić information content (AvgIpc) is 2.75. The fraction of sp³-hybridized carbons (Fsp3) is 0.250. The topological polar surface area (TPSA) is 75.1 Å². The summed E-state index contributed by atoms with van der Waals surface area (Å²) in [6, 6.07) is 7.02. The van der Waals surface area contributed by atoms with Crippen LogP contribution in [0, 0.1) is 6.92 Å². The summed E-state index contributed by atoms with van der Waals surface area (Å²) in [6.45, 7) is 2.47. The van der Waals surface area contributed by atoms with E-state index in [4.69, 9.17) is 5.11 Å². The number of carbonyl (C=O) groups is 1. The summed E-state index contributed by atoms with van der Waals surface area (Å²) in [5.74, 6) is -0.147. The van der Waals surface area contributed by atoms with E-state index in [1.54, 1.807) is 12.1 Å². The van der Waals surface area contributed by atoms with E-state index in [-0.39, 0.29) is 0 Å². The van der Waals surface area contributed by atoms with Gasteiger partial charge in [-0.15, -0.1) is 0 Å². The SMILES string of the molecule is Cc1nsc(NCCc2ccccc2C(=O)O)n1. The van der Waals surface area contributed by atoms with Crippen molar-refractivity contribution in [1.29, 1.82) is 0 Å². The number of nitrogens with zero attached hydrogens (tertiary/aromatic N) is 2. The van der Waals surface area contributed by atoms with Crippen molar-refractivity contribution in [2.45, 2.75) is 13.3 Å². The zero-order valence-corrected chi connectivity index (χ0v) is 10.7. The van der Waals surface area contributed by atoms with Gasteiger partial charge in [0.2, 0.25) is 5.13 Å². The van der Waals surface area contributed by atoms with E-state index in [1.807, 2.05) is 19.1 Å². The highest BCUT2D eigenvalue weighted by Gasteiger charge is 2.08. The molecule has 18 heavy (non-hydrogen) atoms. The van der Waals surface area contributed by atoms with E-state index in [2.05, 4.69) is 14.7 Å². The van der Waals surface area contributed by atoms with Crippen molar-refractivity contribution in [3.05, 3.63) is 41.2 Å². The molecule has 0 aliphatic heterocycles. The van der Waals surface area contributed by atoms with Crippen LogP contribution in [0.2, 0.25) is 0 Å². The quantitative estimate of drug-likeness (QED) is 0.865. The molecule has 0 aliphatic carbocycles. The molecular formula is C12H13N3O2S. The van der Waals surface area contributed by atoms with Crippen LogP contribution < -0.4 is 5.32 Å². The largest absolute Gasteiger partial charge is 0.478 e. The molecule has 0 radical (unpaired) electrons. The Morgan fingerprint density at radius 1 is 1.44 bits per heavy atom. The Bertz CT molecular complexity index is 554. The Hall–Kier alpha value is -1.95. The van der Waals surface area contributed by atoms with Crippen LogP contribution in [-0.2, 0) is 6.42 Å². The first-order chi connectivity index (χ1) is 8.66. The van der Waals surface area contributed by atoms with Gasteiger partial charge in [0.15, 0.2) is 0 Å². The lowest BCUT2D eigenvalue weighted by atomic mass is 10.1. The van der Waals surface area contributed by atoms with Gasteiger partial charge in [-0.2, -0.15) is 4.37 Å². The Balaban J connectivity index is 1.96. The van der Waals surface area contributed by atoms with E-state index >= 15 is 0 Å². The van der Waals surface area contributed by atoms with Gasteiger partial charge in [0, 0.05) is 18.1 Å². The normalized spacial score (nSPS) is 10.3. The predicted octanol–water partition coefficient (Wildman–Crippen LogP) is 2.20. The molecule has 0 saturated carbocycles. The van der Waals surface area contributed by atoms with Gasteiger partial charge in [-0.25, -0.2) is 9.78 Å². The monoisotopic (exact) mass is 263 g/mol. The second-order valence-electron chi connectivity index (χ2n) is 3.79. The maximum absolute atomic E-state index is 11.0. The molecule has 0 atom stereocenters. The van der Waals surface area contributed by atoms with Crippen molar-refractivity contribution in [1.82, 2.24) is 9.36 Å².